The molecule has 3 heterocycles. The van der Waals surface area contributed by atoms with Crippen LogP contribution in [0.5, 0.6) is 5.75 Å². The Bertz CT molecular complexity index is 1180. The molecule has 0 unspecified atom stereocenters. The van der Waals surface area contributed by atoms with Gasteiger partial charge in [0.1, 0.15) is 30.2 Å². The summed E-state index contributed by atoms with van der Waals surface area (Å²) in [4.78, 5) is 25.4. The fourth-order valence-electron chi connectivity index (χ4n) is 2.91. The lowest BCUT2D eigenvalue weighted by Crippen LogP contribution is -2.13. The molecule has 31 heavy (non-hydrogen) atoms. The van der Waals surface area contributed by atoms with Crippen molar-refractivity contribution < 1.29 is 9.53 Å². The van der Waals surface area contributed by atoms with Gasteiger partial charge in [-0.1, -0.05) is 12.1 Å². The Balaban J connectivity index is 1.47. The fourth-order valence-corrected chi connectivity index (χ4v) is 2.91. The van der Waals surface area contributed by atoms with Crippen LogP contribution >= 0.6 is 0 Å². The van der Waals surface area contributed by atoms with Gasteiger partial charge >= 0.3 is 0 Å². The zero-order valence-electron chi connectivity index (χ0n) is 17.1. The standard InChI is InChI=1S/C22H21N7O2/c1-15(2)29-14-25-28-21(29)19-7-4-8-20(26-19)27-22(30)16-5-3-6-18(11-16)31-13-17-12-23-9-10-24-17/h3-12,14-15H,13H2,1-2H3,(H,26,27,30). The molecule has 3 aromatic heterocycles. The number of nitrogens with zero attached hydrogens (tertiary/aromatic N) is 6. The van der Waals surface area contributed by atoms with Crippen molar-refractivity contribution in [3.63, 3.8) is 0 Å². The van der Waals surface area contributed by atoms with Crippen LogP contribution < -0.4 is 10.1 Å². The largest absolute Gasteiger partial charge is 0.487 e. The third kappa shape index (κ3) is 4.89. The molecule has 0 spiro atoms. The van der Waals surface area contributed by atoms with Crippen molar-refractivity contribution in [2.24, 2.45) is 0 Å². The molecule has 0 aliphatic carbocycles. The zero-order valence-corrected chi connectivity index (χ0v) is 17.1. The highest BCUT2D eigenvalue weighted by atomic mass is 16.5. The maximum absolute atomic E-state index is 12.8. The molecule has 9 nitrogen and oxygen atoms in total. The first-order valence-electron chi connectivity index (χ1n) is 9.76. The molecule has 1 N–H and O–H groups in total. The summed E-state index contributed by atoms with van der Waals surface area (Å²) in [7, 11) is 0. The van der Waals surface area contributed by atoms with Gasteiger partial charge in [-0.15, -0.1) is 10.2 Å². The number of hydrogen-bond acceptors (Lipinski definition) is 7. The van der Waals surface area contributed by atoms with Gasteiger partial charge in [-0.05, 0) is 44.2 Å². The van der Waals surface area contributed by atoms with Gasteiger partial charge in [0.2, 0.25) is 0 Å². The van der Waals surface area contributed by atoms with E-state index < -0.39 is 0 Å². The predicted octanol–water partition coefficient (Wildman–Crippen LogP) is 3.54. The molecule has 0 radical (unpaired) electrons. The highest BCUT2D eigenvalue weighted by Gasteiger charge is 2.13. The Morgan fingerprint density at radius 3 is 2.84 bits per heavy atom. The monoisotopic (exact) mass is 415 g/mol. The normalized spacial score (nSPS) is 10.8. The second-order valence-electron chi connectivity index (χ2n) is 7.03. The second-order valence-corrected chi connectivity index (χ2v) is 7.03. The van der Waals surface area contributed by atoms with E-state index in [1.165, 1.54) is 0 Å². The number of nitrogens with one attached hydrogen (secondary N) is 1. The third-order valence-corrected chi connectivity index (χ3v) is 4.45. The summed E-state index contributed by atoms with van der Waals surface area (Å²) in [5.74, 6) is 1.34. The van der Waals surface area contributed by atoms with Gasteiger partial charge in [-0.25, -0.2) is 4.98 Å². The molecule has 0 fully saturated rings. The van der Waals surface area contributed by atoms with E-state index >= 15 is 0 Å². The minimum absolute atomic E-state index is 0.189. The van der Waals surface area contributed by atoms with Crippen LogP contribution in [0, 0.1) is 0 Å². The molecule has 0 aliphatic rings. The summed E-state index contributed by atoms with van der Waals surface area (Å²) in [6.07, 6.45) is 6.51. The Kier molecular flexibility index (Phi) is 5.93. The predicted molar refractivity (Wildman–Crippen MR) is 114 cm³/mol. The van der Waals surface area contributed by atoms with Crippen LogP contribution in [0.25, 0.3) is 11.5 Å². The van der Waals surface area contributed by atoms with Crippen LogP contribution in [0.2, 0.25) is 0 Å². The average Bonchev–Trinajstić information content (AvgIpc) is 3.29. The molecule has 0 saturated carbocycles. The van der Waals surface area contributed by atoms with Gasteiger partial charge in [0, 0.05) is 24.0 Å². The number of ether oxygens (including phenoxy) is 1. The van der Waals surface area contributed by atoms with Crippen LogP contribution in [0.15, 0.2) is 67.4 Å². The number of benzene rings is 1. The summed E-state index contributed by atoms with van der Waals surface area (Å²) in [6, 6.07) is 12.5. The fraction of sp³-hybridized carbons (Fsp3) is 0.182. The SMILES string of the molecule is CC(C)n1cnnc1-c1cccc(NC(=O)c2cccc(OCc3cnccn3)c2)n1. The Labute approximate surface area is 179 Å². The highest BCUT2D eigenvalue weighted by Crippen LogP contribution is 2.20. The van der Waals surface area contributed by atoms with Crippen LogP contribution in [-0.2, 0) is 6.61 Å². The quantitative estimate of drug-likeness (QED) is 0.492. The average molecular weight is 415 g/mol. The lowest BCUT2D eigenvalue weighted by molar-refractivity contribution is 0.102. The lowest BCUT2D eigenvalue weighted by atomic mass is 10.2. The number of aromatic nitrogens is 6. The number of carbonyl (C=O) groups is 1. The molecule has 0 aliphatic heterocycles. The molecule has 1 aromatic carbocycles. The minimum atomic E-state index is -0.292. The molecular weight excluding hydrogens is 394 g/mol. The maximum Gasteiger partial charge on any atom is 0.256 e. The smallest absolute Gasteiger partial charge is 0.256 e. The highest BCUT2D eigenvalue weighted by molar-refractivity contribution is 6.04. The van der Waals surface area contributed by atoms with Gasteiger partial charge in [0.25, 0.3) is 5.91 Å². The van der Waals surface area contributed by atoms with Crippen LogP contribution in [0.4, 0.5) is 5.82 Å². The molecule has 156 valence electrons. The number of amides is 1. The van der Waals surface area contributed by atoms with Crippen LogP contribution in [-0.4, -0.2) is 35.6 Å². The van der Waals surface area contributed by atoms with E-state index in [4.69, 9.17) is 4.74 Å². The van der Waals surface area contributed by atoms with E-state index in [9.17, 15) is 4.79 Å². The number of rotatable bonds is 7. The molecule has 9 heteroatoms. The Morgan fingerprint density at radius 1 is 1.16 bits per heavy atom. The van der Waals surface area contributed by atoms with Crippen molar-refractivity contribution in [2.75, 3.05) is 5.32 Å². The molecular formula is C22H21N7O2. The lowest BCUT2D eigenvalue weighted by Gasteiger charge is -2.11. The molecule has 4 rings (SSSR count). The summed E-state index contributed by atoms with van der Waals surface area (Å²) in [5.41, 5.74) is 1.78. The van der Waals surface area contributed by atoms with E-state index in [1.54, 1.807) is 55.2 Å². The van der Waals surface area contributed by atoms with Crippen molar-refractivity contribution in [1.82, 2.24) is 29.7 Å². The van der Waals surface area contributed by atoms with E-state index in [1.807, 2.05) is 30.5 Å². The molecule has 0 atom stereocenters. The van der Waals surface area contributed by atoms with Gasteiger partial charge in [-0.2, -0.15) is 0 Å². The summed E-state index contributed by atoms with van der Waals surface area (Å²) in [5, 5.41) is 11.0. The van der Waals surface area contributed by atoms with Crippen molar-refractivity contribution >= 4 is 11.7 Å². The number of hydrogen-bond donors (Lipinski definition) is 1. The van der Waals surface area contributed by atoms with Crippen molar-refractivity contribution in [3.05, 3.63) is 78.6 Å². The van der Waals surface area contributed by atoms with Crippen molar-refractivity contribution in [2.45, 2.75) is 26.5 Å². The molecule has 0 saturated heterocycles. The molecule has 1 amide bonds. The number of anilines is 1. The summed E-state index contributed by atoms with van der Waals surface area (Å²) < 4.78 is 7.64. The Morgan fingerprint density at radius 2 is 2.03 bits per heavy atom. The molecule has 0 bridgehead atoms. The van der Waals surface area contributed by atoms with E-state index in [0.29, 0.717) is 34.3 Å². The first-order valence-corrected chi connectivity index (χ1v) is 9.76. The topological polar surface area (TPSA) is 108 Å². The molecule has 4 aromatic rings. The first kappa shape index (κ1) is 20.1. The van der Waals surface area contributed by atoms with Gasteiger partial charge in [-0.3, -0.25) is 14.8 Å². The van der Waals surface area contributed by atoms with Gasteiger partial charge in [0.05, 0.1) is 11.9 Å². The third-order valence-electron chi connectivity index (χ3n) is 4.45. The van der Waals surface area contributed by atoms with Crippen molar-refractivity contribution in [3.8, 4) is 17.3 Å². The summed E-state index contributed by atoms with van der Waals surface area (Å²) in [6.45, 7) is 4.34. The summed E-state index contributed by atoms with van der Waals surface area (Å²) >= 11 is 0. The minimum Gasteiger partial charge on any atom is -0.487 e. The van der Waals surface area contributed by atoms with E-state index in [2.05, 4.69) is 30.5 Å². The van der Waals surface area contributed by atoms with E-state index in [0.717, 1.165) is 0 Å². The van der Waals surface area contributed by atoms with E-state index in [-0.39, 0.29) is 18.6 Å². The van der Waals surface area contributed by atoms with Crippen LogP contribution in [0.3, 0.4) is 0 Å². The van der Waals surface area contributed by atoms with Gasteiger partial charge < -0.3 is 14.6 Å². The van der Waals surface area contributed by atoms with Gasteiger partial charge in [0.15, 0.2) is 5.82 Å². The van der Waals surface area contributed by atoms with Crippen molar-refractivity contribution in [1.29, 1.82) is 0 Å². The number of pyridine rings is 1. The number of carbonyl (C=O) groups excluding carboxylic acids is 1. The first-order chi connectivity index (χ1) is 15.1. The maximum atomic E-state index is 12.8. The second kappa shape index (κ2) is 9.12. The van der Waals surface area contributed by atoms with Crippen LogP contribution in [0.1, 0.15) is 35.9 Å². The zero-order chi connectivity index (χ0) is 21.6. The Hall–Kier alpha value is -4.14.